The minimum absolute atomic E-state index is 0.723. The van der Waals surface area contributed by atoms with Gasteiger partial charge in [0.2, 0.25) is 5.89 Å². The zero-order valence-electron chi connectivity index (χ0n) is 11.5. The summed E-state index contributed by atoms with van der Waals surface area (Å²) in [6, 6.07) is 0. The van der Waals surface area contributed by atoms with Crippen molar-refractivity contribution in [2.24, 2.45) is 5.92 Å². The summed E-state index contributed by atoms with van der Waals surface area (Å²) in [5.41, 5.74) is 0. The summed E-state index contributed by atoms with van der Waals surface area (Å²) in [6.45, 7) is 9.40. The van der Waals surface area contributed by atoms with E-state index >= 15 is 0 Å². The Hall–Kier alpha value is -0.940. The van der Waals surface area contributed by atoms with E-state index in [-0.39, 0.29) is 0 Å². The van der Waals surface area contributed by atoms with Crippen molar-refractivity contribution in [3.63, 3.8) is 0 Å². The average Bonchev–Trinajstić information content (AvgIpc) is 2.76. The fourth-order valence-corrected chi connectivity index (χ4v) is 2.59. The molecule has 1 aliphatic rings. The monoisotopic (exact) mass is 252 g/mol. The molecule has 1 aromatic heterocycles. The van der Waals surface area contributed by atoms with Gasteiger partial charge in [0.05, 0.1) is 6.54 Å². The predicted octanol–water partition coefficient (Wildman–Crippen LogP) is 1.59. The lowest BCUT2D eigenvalue weighted by Crippen LogP contribution is -2.38. The Labute approximate surface area is 109 Å². The lowest BCUT2D eigenvalue weighted by atomic mass is 9.99. The molecule has 0 aromatic carbocycles. The van der Waals surface area contributed by atoms with E-state index in [9.17, 15) is 0 Å². The molecule has 1 atom stereocenters. The molecule has 0 radical (unpaired) electrons. The van der Waals surface area contributed by atoms with E-state index in [0.29, 0.717) is 0 Å². The zero-order valence-corrected chi connectivity index (χ0v) is 11.5. The van der Waals surface area contributed by atoms with Gasteiger partial charge in [0.25, 0.3) is 0 Å². The standard InChI is InChI=1S/C13H24N4O/c1-3-7-17(9-12-5-4-6-14-8-12)10-13-15-11(2)16-18-13/h12,14H,3-10H2,1-2H3. The van der Waals surface area contributed by atoms with Crippen LogP contribution < -0.4 is 5.32 Å². The van der Waals surface area contributed by atoms with Crippen LogP contribution in [-0.2, 0) is 6.54 Å². The van der Waals surface area contributed by atoms with Crippen molar-refractivity contribution in [1.82, 2.24) is 20.4 Å². The average molecular weight is 252 g/mol. The number of rotatable bonds is 6. The molecule has 1 unspecified atom stereocenters. The first-order valence-corrected chi connectivity index (χ1v) is 7.00. The number of aromatic nitrogens is 2. The fourth-order valence-electron chi connectivity index (χ4n) is 2.59. The number of hydrogen-bond acceptors (Lipinski definition) is 5. The van der Waals surface area contributed by atoms with Crippen LogP contribution in [0.1, 0.15) is 37.9 Å². The molecule has 1 fully saturated rings. The summed E-state index contributed by atoms with van der Waals surface area (Å²) in [5.74, 6) is 2.22. The maximum absolute atomic E-state index is 5.21. The van der Waals surface area contributed by atoms with Crippen LogP contribution in [0.3, 0.4) is 0 Å². The zero-order chi connectivity index (χ0) is 12.8. The molecule has 0 bridgehead atoms. The van der Waals surface area contributed by atoms with Gasteiger partial charge >= 0.3 is 0 Å². The van der Waals surface area contributed by atoms with Crippen LogP contribution in [-0.4, -0.2) is 41.2 Å². The molecule has 5 heteroatoms. The van der Waals surface area contributed by atoms with Gasteiger partial charge in [-0.1, -0.05) is 12.1 Å². The summed E-state index contributed by atoms with van der Waals surface area (Å²) >= 11 is 0. The molecule has 0 aliphatic carbocycles. The molecule has 2 heterocycles. The summed E-state index contributed by atoms with van der Waals surface area (Å²) in [4.78, 5) is 6.73. The van der Waals surface area contributed by atoms with E-state index in [1.807, 2.05) is 6.92 Å². The molecule has 1 aliphatic heterocycles. The van der Waals surface area contributed by atoms with E-state index < -0.39 is 0 Å². The van der Waals surface area contributed by atoms with E-state index in [1.165, 1.54) is 19.4 Å². The van der Waals surface area contributed by atoms with Crippen molar-refractivity contribution < 1.29 is 4.52 Å². The second kappa shape index (κ2) is 6.85. The van der Waals surface area contributed by atoms with Crippen molar-refractivity contribution in [2.45, 2.75) is 39.7 Å². The SMILES string of the molecule is CCCN(Cc1nc(C)no1)CC1CCCNC1. The molecule has 5 nitrogen and oxygen atoms in total. The lowest BCUT2D eigenvalue weighted by molar-refractivity contribution is 0.180. The molecular formula is C13H24N4O. The van der Waals surface area contributed by atoms with Crippen LogP contribution in [0, 0.1) is 12.8 Å². The van der Waals surface area contributed by atoms with Crippen molar-refractivity contribution in [1.29, 1.82) is 0 Å². The first-order chi connectivity index (χ1) is 8.78. The molecule has 0 saturated carbocycles. The van der Waals surface area contributed by atoms with Gasteiger partial charge < -0.3 is 9.84 Å². The van der Waals surface area contributed by atoms with Gasteiger partial charge in [-0.3, -0.25) is 4.90 Å². The quantitative estimate of drug-likeness (QED) is 0.833. The Morgan fingerprint density at radius 2 is 2.39 bits per heavy atom. The maximum Gasteiger partial charge on any atom is 0.240 e. The third-order valence-electron chi connectivity index (χ3n) is 3.38. The third kappa shape index (κ3) is 4.07. The van der Waals surface area contributed by atoms with Crippen LogP contribution in [0.5, 0.6) is 0 Å². The summed E-state index contributed by atoms with van der Waals surface area (Å²) < 4.78 is 5.21. The van der Waals surface area contributed by atoms with Crippen LogP contribution in [0.4, 0.5) is 0 Å². The first-order valence-electron chi connectivity index (χ1n) is 7.00. The molecule has 1 saturated heterocycles. The highest BCUT2D eigenvalue weighted by Crippen LogP contribution is 2.13. The van der Waals surface area contributed by atoms with Crippen LogP contribution in [0.25, 0.3) is 0 Å². The highest BCUT2D eigenvalue weighted by Gasteiger charge is 2.18. The summed E-state index contributed by atoms with van der Waals surface area (Å²) in [6.07, 6.45) is 3.79. The number of nitrogens with zero attached hydrogens (tertiary/aromatic N) is 3. The van der Waals surface area contributed by atoms with Crippen LogP contribution in [0.2, 0.25) is 0 Å². The Morgan fingerprint density at radius 3 is 3.00 bits per heavy atom. The minimum Gasteiger partial charge on any atom is -0.338 e. The predicted molar refractivity (Wildman–Crippen MR) is 70.2 cm³/mol. The van der Waals surface area contributed by atoms with Crippen LogP contribution in [0.15, 0.2) is 4.52 Å². The summed E-state index contributed by atoms with van der Waals surface area (Å²) in [5, 5.41) is 7.32. The Kier molecular flexibility index (Phi) is 5.13. The molecule has 18 heavy (non-hydrogen) atoms. The third-order valence-corrected chi connectivity index (χ3v) is 3.38. The minimum atomic E-state index is 0.723. The maximum atomic E-state index is 5.21. The van der Waals surface area contributed by atoms with Gasteiger partial charge in [-0.15, -0.1) is 0 Å². The van der Waals surface area contributed by atoms with Crippen molar-refractivity contribution in [3.05, 3.63) is 11.7 Å². The van der Waals surface area contributed by atoms with Crippen molar-refractivity contribution >= 4 is 0 Å². The number of nitrogens with one attached hydrogen (secondary N) is 1. The van der Waals surface area contributed by atoms with Crippen molar-refractivity contribution in [2.75, 3.05) is 26.2 Å². The summed E-state index contributed by atoms with van der Waals surface area (Å²) in [7, 11) is 0. The second-order valence-corrected chi connectivity index (χ2v) is 5.18. The van der Waals surface area contributed by atoms with Crippen molar-refractivity contribution in [3.8, 4) is 0 Å². The van der Waals surface area contributed by atoms with E-state index in [4.69, 9.17) is 4.52 Å². The van der Waals surface area contributed by atoms with Crippen LogP contribution >= 0.6 is 0 Å². The first kappa shape index (κ1) is 13.5. The smallest absolute Gasteiger partial charge is 0.240 e. The number of piperidine rings is 1. The number of aryl methyl sites for hydroxylation is 1. The molecule has 2 rings (SSSR count). The second-order valence-electron chi connectivity index (χ2n) is 5.18. The van der Waals surface area contributed by atoms with Gasteiger partial charge in [-0.25, -0.2) is 0 Å². The largest absolute Gasteiger partial charge is 0.338 e. The molecule has 1 N–H and O–H groups in total. The molecule has 0 spiro atoms. The van der Waals surface area contributed by atoms with Gasteiger partial charge in [0.1, 0.15) is 0 Å². The Bertz CT molecular complexity index is 347. The number of hydrogen-bond donors (Lipinski definition) is 1. The Balaban J connectivity index is 1.86. The molecule has 0 amide bonds. The highest BCUT2D eigenvalue weighted by molar-refractivity contribution is 4.83. The van der Waals surface area contributed by atoms with E-state index in [0.717, 1.165) is 50.2 Å². The molecular weight excluding hydrogens is 228 g/mol. The van der Waals surface area contributed by atoms with Gasteiger partial charge in [0.15, 0.2) is 5.82 Å². The van der Waals surface area contributed by atoms with E-state index in [2.05, 4.69) is 27.3 Å². The normalized spacial score (nSPS) is 20.5. The lowest BCUT2D eigenvalue weighted by Gasteiger charge is -2.29. The van der Waals surface area contributed by atoms with Gasteiger partial charge in [-0.05, 0) is 51.7 Å². The molecule has 1 aromatic rings. The van der Waals surface area contributed by atoms with E-state index in [1.54, 1.807) is 0 Å². The van der Waals surface area contributed by atoms with Gasteiger partial charge in [0, 0.05) is 6.54 Å². The molecule has 102 valence electrons. The topological polar surface area (TPSA) is 54.2 Å². The highest BCUT2D eigenvalue weighted by atomic mass is 16.5. The van der Waals surface area contributed by atoms with Gasteiger partial charge in [-0.2, -0.15) is 4.98 Å². The fraction of sp³-hybridized carbons (Fsp3) is 0.846. The Morgan fingerprint density at radius 1 is 1.50 bits per heavy atom.